The van der Waals surface area contributed by atoms with Crippen molar-refractivity contribution in [2.24, 2.45) is 4.99 Å². The predicted molar refractivity (Wildman–Crippen MR) is 42.6 cm³/mol. The summed E-state index contributed by atoms with van der Waals surface area (Å²) in [7, 11) is 0. The lowest BCUT2D eigenvalue weighted by Gasteiger charge is -2.03. The molecule has 0 aromatic heterocycles. The molecule has 1 nitrogen and oxygen atoms in total. The Hall–Kier alpha value is -0.260. The van der Waals surface area contributed by atoms with E-state index in [-0.39, 0.29) is 5.71 Å². The van der Waals surface area contributed by atoms with Crippen LogP contribution < -0.4 is 0 Å². The summed E-state index contributed by atoms with van der Waals surface area (Å²) in [6.07, 6.45) is 2.31. The first-order valence-corrected chi connectivity index (χ1v) is 3.75. The second kappa shape index (κ2) is 1.66. The Bertz CT molecular complexity index is 292. The van der Waals surface area contributed by atoms with E-state index < -0.39 is 11.6 Å². The molecule has 0 spiro atoms. The SMILES string of the molecule is FC1=CC2=NC2(F)C=C1I. The average Bonchev–Trinajstić information content (AvgIpc) is 2.41. The fourth-order valence-corrected chi connectivity index (χ4v) is 1.38. The summed E-state index contributed by atoms with van der Waals surface area (Å²) >= 11 is 1.74. The van der Waals surface area contributed by atoms with Gasteiger partial charge in [0.2, 0.25) is 0 Å². The Labute approximate surface area is 69.7 Å². The molecular weight excluding hydrogens is 251 g/mol. The van der Waals surface area contributed by atoms with Gasteiger partial charge in [0.1, 0.15) is 11.5 Å². The van der Waals surface area contributed by atoms with E-state index in [1.54, 1.807) is 22.6 Å². The second-order valence-electron chi connectivity index (χ2n) is 2.15. The van der Waals surface area contributed by atoms with Crippen LogP contribution in [0.15, 0.2) is 26.6 Å². The van der Waals surface area contributed by atoms with Crippen LogP contribution in [0.5, 0.6) is 0 Å². The van der Waals surface area contributed by atoms with Gasteiger partial charge in [-0.2, -0.15) is 0 Å². The van der Waals surface area contributed by atoms with E-state index in [0.29, 0.717) is 3.58 Å². The van der Waals surface area contributed by atoms with Crippen molar-refractivity contribution in [1.82, 2.24) is 0 Å². The second-order valence-corrected chi connectivity index (χ2v) is 3.32. The smallest absolute Gasteiger partial charge is 0.235 e. The van der Waals surface area contributed by atoms with Gasteiger partial charge in [0.15, 0.2) is 0 Å². The standard InChI is InChI=1S/C6H2F2IN/c7-3-1-5-6(8,10-5)2-4(3)9/h1-2H. The lowest BCUT2D eigenvalue weighted by atomic mass is 10.1. The summed E-state index contributed by atoms with van der Waals surface area (Å²) in [6.45, 7) is 0. The first kappa shape index (κ1) is 6.45. The molecule has 10 heavy (non-hydrogen) atoms. The highest BCUT2D eigenvalue weighted by Crippen LogP contribution is 2.41. The predicted octanol–water partition coefficient (Wildman–Crippen LogP) is 2.29. The van der Waals surface area contributed by atoms with Crippen LogP contribution in [0.4, 0.5) is 8.78 Å². The van der Waals surface area contributed by atoms with E-state index >= 15 is 0 Å². The van der Waals surface area contributed by atoms with Crippen LogP contribution in [0.25, 0.3) is 0 Å². The summed E-state index contributed by atoms with van der Waals surface area (Å²) in [5, 5.41) is 0. The monoisotopic (exact) mass is 253 g/mol. The molecular formula is C6H2F2IN. The van der Waals surface area contributed by atoms with Gasteiger partial charge in [0.25, 0.3) is 5.79 Å². The number of hydrogen-bond donors (Lipinski definition) is 0. The van der Waals surface area contributed by atoms with Gasteiger partial charge >= 0.3 is 0 Å². The highest BCUT2D eigenvalue weighted by Gasteiger charge is 2.47. The first-order valence-electron chi connectivity index (χ1n) is 2.67. The molecule has 2 aliphatic rings. The number of hydrogen-bond acceptors (Lipinski definition) is 1. The minimum absolute atomic E-state index is 0.199. The molecule has 0 bridgehead atoms. The topological polar surface area (TPSA) is 12.4 Å². The van der Waals surface area contributed by atoms with Crippen LogP contribution in [0.1, 0.15) is 0 Å². The van der Waals surface area contributed by atoms with Gasteiger partial charge in [0.05, 0.1) is 3.58 Å². The molecule has 0 aromatic rings. The lowest BCUT2D eigenvalue weighted by molar-refractivity contribution is 0.392. The van der Waals surface area contributed by atoms with Crippen LogP contribution in [-0.4, -0.2) is 11.5 Å². The van der Waals surface area contributed by atoms with Gasteiger partial charge < -0.3 is 0 Å². The number of alkyl halides is 1. The number of fused-ring (bicyclic) bond motifs is 1. The Morgan fingerprint density at radius 2 is 2.30 bits per heavy atom. The molecule has 4 heteroatoms. The zero-order chi connectivity index (χ0) is 7.35. The van der Waals surface area contributed by atoms with Crippen molar-refractivity contribution in [2.45, 2.75) is 5.79 Å². The zero-order valence-corrected chi connectivity index (χ0v) is 6.89. The zero-order valence-electron chi connectivity index (χ0n) is 4.74. The van der Waals surface area contributed by atoms with E-state index in [1.165, 1.54) is 6.08 Å². The molecule has 0 N–H and O–H groups in total. The molecule has 1 atom stereocenters. The molecule has 1 unspecified atom stereocenters. The minimum Gasteiger partial charge on any atom is -0.235 e. The molecule has 1 aliphatic heterocycles. The van der Waals surface area contributed by atoms with Crippen LogP contribution in [0.3, 0.4) is 0 Å². The molecule has 1 aliphatic carbocycles. The summed E-state index contributed by atoms with van der Waals surface area (Å²) in [4.78, 5) is 3.44. The van der Waals surface area contributed by atoms with E-state index in [4.69, 9.17) is 0 Å². The highest BCUT2D eigenvalue weighted by atomic mass is 127. The van der Waals surface area contributed by atoms with Gasteiger partial charge in [-0.05, 0) is 28.7 Å². The van der Waals surface area contributed by atoms with Crippen LogP contribution in [0, 0.1) is 0 Å². The molecule has 0 radical (unpaired) electrons. The third-order valence-electron chi connectivity index (χ3n) is 1.40. The summed E-state index contributed by atoms with van der Waals surface area (Å²) in [5.41, 5.74) is 0.199. The number of nitrogens with zero attached hydrogens (tertiary/aromatic N) is 1. The van der Waals surface area contributed by atoms with Crippen molar-refractivity contribution in [1.29, 1.82) is 0 Å². The summed E-state index contributed by atoms with van der Waals surface area (Å²) in [6, 6.07) is 0. The van der Waals surface area contributed by atoms with Crippen molar-refractivity contribution in [3.63, 3.8) is 0 Å². The maximum absolute atomic E-state index is 12.9. The van der Waals surface area contributed by atoms with Crippen molar-refractivity contribution < 1.29 is 8.78 Å². The molecule has 0 aromatic carbocycles. The number of aliphatic imine (C=N–C) groups is 1. The van der Waals surface area contributed by atoms with Crippen LogP contribution >= 0.6 is 22.6 Å². The largest absolute Gasteiger partial charge is 0.262 e. The third-order valence-corrected chi connectivity index (χ3v) is 2.23. The van der Waals surface area contributed by atoms with Gasteiger partial charge in [-0.1, -0.05) is 0 Å². The Kier molecular flexibility index (Phi) is 1.07. The molecule has 0 saturated carbocycles. The van der Waals surface area contributed by atoms with E-state index in [1.807, 2.05) is 0 Å². The Morgan fingerprint density at radius 3 is 2.90 bits per heavy atom. The molecule has 0 saturated heterocycles. The highest BCUT2D eigenvalue weighted by molar-refractivity contribution is 14.1. The van der Waals surface area contributed by atoms with Crippen LogP contribution in [0.2, 0.25) is 0 Å². The molecule has 2 rings (SSSR count). The van der Waals surface area contributed by atoms with Gasteiger partial charge in [0, 0.05) is 6.08 Å². The summed E-state index contributed by atoms with van der Waals surface area (Å²) < 4.78 is 25.7. The first-order chi connectivity index (χ1) is 4.62. The molecule has 1 heterocycles. The number of rotatable bonds is 0. The van der Waals surface area contributed by atoms with Crippen LogP contribution in [-0.2, 0) is 0 Å². The molecule has 0 amide bonds. The minimum atomic E-state index is -1.65. The maximum Gasteiger partial charge on any atom is 0.262 e. The quantitative estimate of drug-likeness (QED) is 0.464. The van der Waals surface area contributed by atoms with Crippen molar-refractivity contribution in [2.75, 3.05) is 0 Å². The van der Waals surface area contributed by atoms with Gasteiger partial charge in [-0.25, -0.2) is 13.8 Å². The van der Waals surface area contributed by atoms with Crippen molar-refractivity contribution in [3.8, 4) is 0 Å². The fraction of sp³-hybridized carbons (Fsp3) is 0.167. The number of allylic oxidation sites excluding steroid dienone is 2. The van der Waals surface area contributed by atoms with E-state index in [9.17, 15) is 8.78 Å². The van der Waals surface area contributed by atoms with E-state index in [2.05, 4.69) is 4.99 Å². The van der Waals surface area contributed by atoms with Gasteiger partial charge in [-0.3, -0.25) is 0 Å². The average molecular weight is 253 g/mol. The maximum atomic E-state index is 12.9. The lowest BCUT2D eigenvalue weighted by Crippen LogP contribution is -2.10. The number of halogens is 3. The fourth-order valence-electron chi connectivity index (χ4n) is 0.813. The normalized spacial score (nSPS) is 35.7. The van der Waals surface area contributed by atoms with Crippen molar-refractivity contribution >= 4 is 28.3 Å². The Balaban J connectivity index is 2.42. The molecule has 52 valence electrons. The van der Waals surface area contributed by atoms with Gasteiger partial charge in [-0.15, -0.1) is 0 Å². The summed E-state index contributed by atoms with van der Waals surface area (Å²) in [5.74, 6) is -2.04. The third kappa shape index (κ3) is 0.744. The Morgan fingerprint density at radius 1 is 1.60 bits per heavy atom. The molecule has 0 fully saturated rings. The van der Waals surface area contributed by atoms with E-state index in [0.717, 1.165) is 6.08 Å². The van der Waals surface area contributed by atoms with Crippen molar-refractivity contribution in [3.05, 3.63) is 21.6 Å².